The molecule has 134 valence electrons. The summed E-state index contributed by atoms with van der Waals surface area (Å²) in [7, 11) is 2.03. The number of hydrogen-bond donors (Lipinski definition) is 1. The molecule has 3 rings (SSSR count). The quantitative estimate of drug-likeness (QED) is 0.920. The van der Waals surface area contributed by atoms with Crippen LogP contribution in [0.15, 0.2) is 18.2 Å². The Bertz CT molecular complexity index is 804. The molecular weight excluding hydrogens is 318 g/mol. The lowest BCUT2D eigenvalue weighted by molar-refractivity contribution is -0.135. The van der Waals surface area contributed by atoms with Crippen molar-refractivity contribution in [1.82, 2.24) is 14.8 Å². The van der Waals surface area contributed by atoms with Crippen LogP contribution in [0.1, 0.15) is 28.0 Å². The highest BCUT2D eigenvalue weighted by Gasteiger charge is 2.17. The van der Waals surface area contributed by atoms with Gasteiger partial charge in [-0.2, -0.15) is 0 Å². The molecule has 1 fully saturated rings. The maximum atomic E-state index is 12.4. The van der Waals surface area contributed by atoms with E-state index in [1.807, 2.05) is 25.2 Å². The van der Waals surface area contributed by atoms with E-state index in [1.54, 1.807) is 4.90 Å². The number of aryl methyl sites for hydroxylation is 2. The number of aromatic nitrogens is 1. The zero-order valence-corrected chi connectivity index (χ0v) is 15.1. The van der Waals surface area contributed by atoms with Crippen LogP contribution in [0.4, 0.5) is 0 Å². The van der Waals surface area contributed by atoms with Crippen molar-refractivity contribution >= 4 is 22.7 Å². The molecule has 1 aromatic heterocycles. The number of carbonyl (C=O) groups excluding carboxylic acids is 2. The molecule has 0 unspecified atom stereocenters. The van der Waals surface area contributed by atoms with E-state index < -0.39 is 0 Å². The van der Waals surface area contributed by atoms with E-state index in [1.165, 1.54) is 11.3 Å². The van der Waals surface area contributed by atoms with Crippen LogP contribution in [-0.4, -0.2) is 54.1 Å². The number of fused-ring (bicyclic) bond motifs is 1. The molecule has 0 bridgehead atoms. The van der Waals surface area contributed by atoms with Crippen LogP contribution >= 0.6 is 0 Å². The maximum absolute atomic E-state index is 12.4. The third-order valence-corrected chi connectivity index (χ3v) is 5.06. The Morgan fingerprint density at radius 3 is 2.64 bits per heavy atom. The summed E-state index contributed by atoms with van der Waals surface area (Å²) in [5, 5.41) is 3.94. The molecule has 0 spiro atoms. The number of ether oxygens (including phenoxy) is 1. The minimum atomic E-state index is -0.141. The van der Waals surface area contributed by atoms with Gasteiger partial charge in [-0.05, 0) is 37.6 Å². The van der Waals surface area contributed by atoms with Gasteiger partial charge in [0, 0.05) is 55.3 Å². The first-order valence-electron chi connectivity index (χ1n) is 8.68. The molecule has 0 radical (unpaired) electrons. The van der Waals surface area contributed by atoms with E-state index in [0.717, 1.165) is 10.9 Å². The summed E-state index contributed by atoms with van der Waals surface area (Å²) in [6.45, 7) is 6.95. The third-order valence-electron chi connectivity index (χ3n) is 5.06. The van der Waals surface area contributed by atoms with E-state index in [-0.39, 0.29) is 11.8 Å². The van der Waals surface area contributed by atoms with Crippen molar-refractivity contribution < 1.29 is 14.3 Å². The van der Waals surface area contributed by atoms with Crippen molar-refractivity contribution in [2.75, 3.05) is 32.8 Å². The van der Waals surface area contributed by atoms with Crippen LogP contribution in [0.5, 0.6) is 0 Å². The number of amides is 2. The van der Waals surface area contributed by atoms with Gasteiger partial charge < -0.3 is 19.5 Å². The zero-order chi connectivity index (χ0) is 18.0. The smallest absolute Gasteiger partial charge is 0.251 e. The predicted molar refractivity (Wildman–Crippen MR) is 96.7 cm³/mol. The van der Waals surface area contributed by atoms with Gasteiger partial charge in [-0.15, -0.1) is 0 Å². The Kier molecular flexibility index (Phi) is 5.08. The molecule has 2 aromatic rings. The standard InChI is InChI=1S/C19H25N3O3/c1-13-14(2)21(3)17-5-4-15(12-16(13)17)19(24)20-7-6-18(23)22-8-10-25-11-9-22/h4-5,12H,6-11H2,1-3H3,(H,20,24). The molecular formula is C19H25N3O3. The molecule has 0 aliphatic carbocycles. The normalized spacial score (nSPS) is 14.8. The predicted octanol–water partition coefficient (Wildman–Crippen LogP) is 1.77. The zero-order valence-electron chi connectivity index (χ0n) is 15.1. The van der Waals surface area contributed by atoms with Crippen LogP contribution < -0.4 is 5.32 Å². The van der Waals surface area contributed by atoms with Gasteiger partial charge >= 0.3 is 0 Å². The summed E-state index contributed by atoms with van der Waals surface area (Å²) in [5.41, 5.74) is 4.13. The van der Waals surface area contributed by atoms with Crippen LogP contribution in [0.3, 0.4) is 0 Å². The van der Waals surface area contributed by atoms with E-state index >= 15 is 0 Å². The first kappa shape index (κ1) is 17.5. The first-order chi connectivity index (χ1) is 12.0. The maximum Gasteiger partial charge on any atom is 0.251 e. The molecule has 25 heavy (non-hydrogen) atoms. The molecule has 0 atom stereocenters. The third kappa shape index (κ3) is 3.54. The van der Waals surface area contributed by atoms with Crippen LogP contribution in [-0.2, 0) is 16.6 Å². The fraction of sp³-hybridized carbons (Fsp3) is 0.474. The van der Waals surface area contributed by atoms with Gasteiger partial charge in [-0.25, -0.2) is 0 Å². The lowest BCUT2D eigenvalue weighted by atomic mass is 10.1. The minimum Gasteiger partial charge on any atom is -0.378 e. The molecule has 6 nitrogen and oxygen atoms in total. The summed E-state index contributed by atoms with van der Waals surface area (Å²) >= 11 is 0. The molecule has 0 saturated carbocycles. The molecule has 2 heterocycles. The number of hydrogen-bond acceptors (Lipinski definition) is 3. The van der Waals surface area contributed by atoms with Gasteiger partial charge in [0.1, 0.15) is 0 Å². The monoisotopic (exact) mass is 343 g/mol. The van der Waals surface area contributed by atoms with Gasteiger partial charge in [0.2, 0.25) is 5.91 Å². The molecule has 1 saturated heterocycles. The van der Waals surface area contributed by atoms with Crippen molar-refractivity contribution in [3.8, 4) is 0 Å². The number of morpholine rings is 1. The second-order valence-corrected chi connectivity index (χ2v) is 6.50. The topological polar surface area (TPSA) is 63.6 Å². The Labute approximate surface area is 147 Å². The Morgan fingerprint density at radius 1 is 1.20 bits per heavy atom. The Morgan fingerprint density at radius 2 is 1.92 bits per heavy atom. The summed E-state index contributed by atoms with van der Waals surface area (Å²) < 4.78 is 7.37. The lowest BCUT2D eigenvalue weighted by Crippen LogP contribution is -2.42. The van der Waals surface area contributed by atoms with E-state index in [4.69, 9.17) is 4.74 Å². The summed E-state index contributed by atoms with van der Waals surface area (Å²) in [4.78, 5) is 26.3. The van der Waals surface area contributed by atoms with Crippen LogP contribution in [0.2, 0.25) is 0 Å². The number of carbonyl (C=O) groups is 2. The van der Waals surface area contributed by atoms with Crippen molar-refractivity contribution in [3.05, 3.63) is 35.0 Å². The average Bonchev–Trinajstić information content (AvgIpc) is 2.86. The summed E-state index contributed by atoms with van der Waals surface area (Å²) in [5.74, 6) is -0.0776. The van der Waals surface area contributed by atoms with Crippen molar-refractivity contribution in [2.45, 2.75) is 20.3 Å². The summed E-state index contributed by atoms with van der Waals surface area (Å²) in [6.07, 6.45) is 0.317. The molecule has 1 aromatic carbocycles. The second-order valence-electron chi connectivity index (χ2n) is 6.50. The average molecular weight is 343 g/mol. The van der Waals surface area contributed by atoms with Crippen molar-refractivity contribution in [2.24, 2.45) is 7.05 Å². The molecule has 2 amide bonds. The van der Waals surface area contributed by atoms with Gasteiger partial charge in [-0.3, -0.25) is 9.59 Å². The fourth-order valence-corrected chi connectivity index (χ4v) is 3.25. The van der Waals surface area contributed by atoms with Gasteiger partial charge in [0.05, 0.1) is 13.2 Å². The first-order valence-corrected chi connectivity index (χ1v) is 8.68. The Balaban J connectivity index is 1.60. The molecule has 1 aliphatic rings. The minimum absolute atomic E-state index is 0.0635. The fourth-order valence-electron chi connectivity index (χ4n) is 3.25. The highest BCUT2D eigenvalue weighted by atomic mass is 16.5. The number of rotatable bonds is 4. The van der Waals surface area contributed by atoms with Crippen molar-refractivity contribution in [1.29, 1.82) is 0 Å². The molecule has 1 N–H and O–H groups in total. The van der Waals surface area contributed by atoms with E-state index in [9.17, 15) is 9.59 Å². The van der Waals surface area contributed by atoms with Gasteiger partial charge in [0.15, 0.2) is 0 Å². The lowest BCUT2D eigenvalue weighted by Gasteiger charge is -2.26. The number of nitrogens with one attached hydrogen (secondary N) is 1. The highest BCUT2D eigenvalue weighted by Crippen LogP contribution is 2.25. The number of benzene rings is 1. The summed E-state index contributed by atoms with van der Waals surface area (Å²) in [6, 6.07) is 5.74. The second kappa shape index (κ2) is 7.27. The largest absolute Gasteiger partial charge is 0.378 e. The van der Waals surface area contributed by atoms with E-state index in [2.05, 4.69) is 23.7 Å². The number of nitrogens with zero attached hydrogens (tertiary/aromatic N) is 2. The van der Waals surface area contributed by atoms with Crippen molar-refractivity contribution in [3.63, 3.8) is 0 Å². The van der Waals surface area contributed by atoms with Gasteiger partial charge in [0.25, 0.3) is 5.91 Å². The highest BCUT2D eigenvalue weighted by molar-refractivity contribution is 5.99. The Hall–Kier alpha value is -2.34. The molecule has 1 aliphatic heterocycles. The SMILES string of the molecule is Cc1c(C)n(C)c2ccc(C(=O)NCCC(=O)N3CCOCC3)cc12. The van der Waals surface area contributed by atoms with Crippen LogP contribution in [0.25, 0.3) is 10.9 Å². The van der Waals surface area contributed by atoms with Gasteiger partial charge in [-0.1, -0.05) is 0 Å². The molecule has 6 heteroatoms. The van der Waals surface area contributed by atoms with E-state index in [0.29, 0.717) is 44.8 Å². The van der Waals surface area contributed by atoms with Crippen LogP contribution in [0, 0.1) is 13.8 Å².